The lowest BCUT2D eigenvalue weighted by Gasteiger charge is -2.09. The van der Waals surface area contributed by atoms with E-state index in [9.17, 15) is 9.59 Å². The number of benzene rings is 2. The van der Waals surface area contributed by atoms with Gasteiger partial charge < -0.3 is 11.1 Å². The second-order valence-corrected chi connectivity index (χ2v) is 7.46. The Bertz CT molecular complexity index is 1130. The molecule has 0 bridgehead atoms. The normalized spacial score (nSPS) is 11.1. The van der Waals surface area contributed by atoms with Crippen LogP contribution in [0.25, 0.3) is 6.08 Å². The molecule has 30 heavy (non-hydrogen) atoms. The zero-order valence-electron chi connectivity index (χ0n) is 17.1. The van der Waals surface area contributed by atoms with Crippen molar-refractivity contribution in [2.75, 3.05) is 5.32 Å². The first-order chi connectivity index (χ1) is 14.3. The monoisotopic (exact) mass is 422 g/mol. The molecular formula is C23H23ClN4O2. The molecule has 154 valence electrons. The molecule has 3 rings (SSSR count). The predicted octanol–water partition coefficient (Wildman–Crippen LogP) is 4.26. The summed E-state index contributed by atoms with van der Waals surface area (Å²) in [7, 11) is 0. The van der Waals surface area contributed by atoms with Crippen LogP contribution in [-0.4, -0.2) is 21.6 Å². The van der Waals surface area contributed by atoms with Crippen molar-refractivity contribution >= 4 is 35.2 Å². The lowest BCUT2D eigenvalue weighted by atomic mass is 10.1. The Labute approximate surface area is 180 Å². The standard InChI is InChI=1S/C23H23ClN4O2/c1-14-7-9-17(10-8-14)13-28-22(24)19(16(3)27-28)11-12-21(29)26-20-6-4-5-18(15(20)2)23(25)30/h4-12H,13H2,1-3H3,(H2,25,30)(H,26,29)/b12-11+. The summed E-state index contributed by atoms with van der Waals surface area (Å²) < 4.78 is 1.71. The Hall–Kier alpha value is -3.38. The maximum absolute atomic E-state index is 12.4. The number of rotatable bonds is 6. The van der Waals surface area contributed by atoms with Crippen molar-refractivity contribution < 1.29 is 9.59 Å². The SMILES string of the molecule is Cc1ccc(Cn2nc(C)c(/C=C/C(=O)Nc3cccc(C(N)=O)c3C)c2Cl)cc1. The summed E-state index contributed by atoms with van der Waals surface area (Å²) in [5, 5.41) is 7.71. The zero-order chi connectivity index (χ0) is 21.8. The van der Waals surface area contributed by atoms with Crippen LogP contribution in [0.2, 0.25) is 5.15 Å². The number of amides is 2. The van der Waals surface area contributed by atoms with E-state index in [1.165, 1.54) is 11.6 Å². The Balaban J connectivity index is 1.75. The minimum atomic E-state index is -0.539. The van der Waals surface area contributed by atoms with Crippen molar-refractivity contribution in [3.63, 3.8) is 0 Å². The number of primary amides is 1. The van der Waals surface area contributed by atoms with Gasteiger partial charge in [0.05, 0.1) is 12.2 Å². The fourth-order valence-electron chi connectivity index (χ4n) is 3.10. The summed E-state index contributed by atoms with van der Waals surface area (Å²) in [4.78, 5) is 23.9. The van der Waals surface area contributed by atoms with E-state index in [1.54, 1.807) is 35.9 Å². The molecular weight excluding hydrogens is 400 g/mol. The Morgan fingerprint density at radius 1 is 1.13 bits per heavy atom. The van der Waals surface area contributed by atoms with E-state index in [0.29, 0.717) is 34.1 Å². The number of nitrogens with zero attached hydrogens (tertiary/aromatic N) is 2. The first-order valence-corrected chi connectivity index (χ1v) is 9.81. The number of aromatic nitrogens is 2. The first kappa shape index (κ1) is 21.3. The van der Waals surface area contributed by atoms with Crippen LogP contribution in [0.5, 0.6) is 0 Å². The summed E-state index contributed by atoms with van der Waals surface area (Å²) in [6.07, 6.45) is 3.03. The molecule has 0 radical (unpaired) electrons. The number of carbonyl (C=O) groups excluding carboxylic acids is 2. The third kappa shape index (κ3) is 4.78. The van der Waals surface area contributed by atoms with Gasteiger partial charge in [0.15, 0.2) is 0 Å². The highest BCUT2D eigenvalue weighted by Gasteiger charge is 2.13. The zero-order valence-corrected chi connectivity index (χ0v) is 17.8. The average molecular weight is 423 g/mol. The summed E-state index contributed by atoms with van der Waals surface area (Å²) in [6.45, 7) is 6.15. The van der Waals surface area contributed by atoms with Crippen molar-refractivity contribution in [2.24, 2.45) is 5.73 Å². The number of hydrogen-bond acceptors (Lipinski definition) is 3. The number of hydrogen-bond donors (Lipinski definition) is 2. The van der Waals surface area contributed by atoms with E-state index >= 15 is 0 Å². The molecule has 3 N–H and O–H groups in total. The van der Waals surface area contributed by atoms with Gasteiger partial charge in [-0.05, 0) is 50.1 Å². The predicted molar refractivity (Wildman–Crippen MR) is 120 cm³/mol. The molecule has 0 fully saturated rings. The summed E-state index contributed by atoms with van der Waals surface area (Å²) >= 11 is 6.50. The van der Waals surface area contributed by atoms with E-state index in [1.807, 2.05) is 38.1 Å². The minimum absolute atomic E-state index is 0.346. The summed E-state index contributed by atoms with van der Waals surface area (Å²) in [6, 6.07) is 13.2. The number of aryl methyl sites for hydroxylation is 2. The second-order valence-electron chi connectivity index (χ2n) is 7.10. The fourth-order valence-corrected chi connectivity index (χ4v) is 3.40. The average Bonchev–Trinajstić information content (AvgIpc) is 2.96. The molecule has 2 amide bonds. The Morgan fingerprint density at radius 3 is 2.50 bits per heavy atom. The lowest BCUT2D eigenvalue weighted by Crippen LogP contribution is -2.15. The number of nitrogens with two attached hydrogens (primary N) is 1. The van der Waals surface area contributed by atoms with Gasteiger partial charge in [-0.25, -0.2) is 4.68 Å². The molecule has 0 aliphatic rings. The highest BCUT2D eigenvalue weighted by atomic mass is 35.5. The van der Waals surface area contributed by atoms with E-state index in [-0.39, 0.29) is 5.91 Å². The molecule has 2 aromatic carbocycles. The summed E-state index contributed by atoms with van der Waals surface area (Å²) in [5.74, 6) is -0.885. The number of halogens is 1. The highest BCUT2D eigenvalue weighted by molar-refractivity contribution is 6.31. The van der Waals surface area contributed by atoms with Crippen LogP contribution in [0.3, 0.4) is 0 Å². The lowest BCUT2D eigenvalue weighted by molar-refractivity contribution is -0.111. The van der Waals surface area contributed by atoms with Gasteiger partial charge in [0, 0.05) is 22.9 Å². The molecule has 1 heterocycles. The van der Waals surface area contributed by atoms with Crippen LogP contribution in [0.4, 0.5) is 5.69 Å². The van der Waals surface area contributed by atoms with Crippen molar-refractivity contribution in [3.05, 3.63) is 87.2 Å². The molecule has 0 unspecified atom stereocenters. The third-order valence-corrected chi connectivity index (χ3v) is 5.22. The molecule has 3 aromatic rings. The fraction of sp³-hybridized carbons (Fsp3) is 0.174. The van der Waals surface area contributed by atoms with Gasteiger partial charge in [-0.15, -0.1) is 0 Å². The number of carbonyl (C=O) groups is 2. The quantitative estimate of drug-likeness (QED) is 0.581. The first-order valence-electron chi connectivity index (χ1n) is 9.43. The van der Waals surface area contributed by atoms with Gasteiger partial charge in [0.2, 0.25) is 11.8 Å². The van der Waals surface area contributed by atoms with Gasteiger partial charge in [0.25, 0.3) is 0 Å². The van der Waals surface area contributed by atoms with E-state index in [2.05, 4.69) is 10.4 Å². The van der Waals surface area contributed by atoms with E-state index < -0.39 is 5.91 Å². The van der Waals surface area contributed by atoms with Crippen LogP contribution in [0.1, 0.15) is 38.3 Å². The van der Waals surface area contributed by atoms with E-state index in [0.717, 1.165) is 11.3 Å². The highest BCUT2D eigenvalue weighted by Crippen LogP contribution is 2.23. The molecule has 0 aliphatic heterocycles. The van der Waals surface area contributed by atoms with Gasteiger partial charge >= 0.3 is 0 Å². The van der Waals surface area contributed by atoms with Crippen molar-refractivity contribution in [2.45, 2.75) is 27.3 Å². The van der Waals surface area contributed by atoms with Crippen molar-refractivity contribution in [1.29, 1.82) is 0 Å². The summed E-state index contributed by atoms with van der Waals surface area (Å²) in [5.41, 5.74) is 10.6. The van der Waals surface area contributed by atoms with Crippen LogP contribution in [-0.2, 0) is 11.3 Å². The number of nitrogens with one attached hydrogen (secondary N) is 1. The molecule has 0 atom stereocenters. The van der Waals surface area contributed by atoms with Crippen LogP contribution >= 0.6 is 11.6 Å². The van der Waals surface area contributed by atoms with Gasteiger partial charge in [-0.2, -0.15) is 5.10 Å². The smallest absolute Gasteiger partial charge is 0.249 e. The third-order valence-electron chi connectivity index (χ3n) is 4.82. The molecule has 7 heteroatoms. The molecule has 6 nitrogen and oxygen atoms in total. The number of anilines is 1. The van der Waals surface area contributed by atoms with E-state index in [4.69, 9.17) is 17.3 Å². The topological polar surface area (TPSA) is 90.0 Å². The second kappa shape index (κ2) is 8.97. The largest absolute Gasteiger partial charge is 0.366 e. The van der Waals surface area contributed by atoms with Gasteiger partial charge in [0.1, 0.15) is 5.15 Å². The van der Waals surface area contributed by atoms with Gasteiger partial charge in [-0.1, -0.05) is 47.5 Å². The molecule has 0 saturated heterocycles. The van der Waals surface area contributed by atoms with Crippen LogP contribution in [0, 0.1) is 20.8 Å². The maximum atomic E-state index is 12.4. The van der Waals surface area contributed by atoms with Crippen molar-refractivity contribution in [1.82, 2.24) is 9.78 Å². The molecule has 0 saturated carbocycles. The molecule has 0 aliphatic carbocycles. The molecule has 0 spiro atoms. The maximum Gasteiger partial charge on any atom is 0.249 e. The van der Waals surface area contributed by atoms with Crippen LogP contribution in [0.15, 0.2) is 48.5 Å². The van der Waals surface area contributed by atoms with Gasteiger partial charge in [-0.3, -0.25) is 9.59 Å². The molecule has 1 aromatic heterocycles. The Morgan fingerprint density at radius 2 is 1.83 bits per heavy atom. The van der Waals surface area contributed by atoms with Crippen LogP contribution < -0.4 is 11.1 Å². The Kier molecular flexibility index (Phi) is 6.37. The minimum Gasteiger partial charge on any atom is -0.366 e. The van der Waals surface area contributed by atoms with Crippen molar-refractivity contribution in [3.8, 4) is 0 Å².